The van der Waals surface area contributed by atoms with Gasteiger partial charge in [-0.15, -0.1) is 0 Å². The van der Waals surface area contributed by atoms with Crippen LogP contribution in [-0.4, -0.2) is 27.1 Å². The van der Waals surface area contributed by atoms with E-state index in [1.54, 1.807) is 0 Å². The molecule has 1 saturated carbocycles. The summed E-state index contributed by atoms with van der Waals surface area (Å²) >= 11 is 0. The van der Waals surface area contributed by atoms with Crippen LogP contribution in [0.2, 0.25) is 0 Å². The molecule has 1 amide bonds. The van der Waals surface area contributed by atoms with Crippen molar-refractivity contribution in [1.29, 1.82) is 0 Å². The van der Waals surface area contributed by atoms with E-state index in [4.69, 9.17) is 0 Å². The van der Waals surface area contributed by atoms with E-state index < -0.39 is 0 Å². The fourth-order valence-electron chi connectivity index (χ4n) is 4.55. The predicted octanol–water partition coefficient (Wildman–Crippen LogP) is 2.49. The van der Waals surface area contributed by atoms with Crippen molar-refractivity contribution in [1.82, 2.24) is 14.7 Å². The van der Waals surface area contributed by atoms with Gasteiger partial charge in [0.2, 0.25) is 0 Å². The van der Waals surface area contributed by atoms with Crippen LogP contribution in [0.4, 0.5) is 0 Å². The number of benzene rings is 1. The van der Waals surface area contributed by atoms with Crippen molar-refractivity contribution in [3.63, 3.8) is 0 Å². The fraction of sp³-hybridized carbons (Fsp3) is 0.409. The number of nitrogens with zero attached hydrogens (tertiary/aromatic N) is 4. The van der Waals surface area contributed by atoms with Crippen LogP contribution < -0.4 is 10.7 Å². The summed E-state index contributed by atoms with van der Waals surface area (Å²) in [5.74, 6) is -0.118. The first-order valence-electron chi connectivity index (χ1n) is 9.99. The number of carbonyl (C=O) groups excluding carboxylic acids is 1. The van der Waals surface area contributed by atoms with E-state index in [1.807, 2.05) is 23.1 Å². The lowest BCUT2D eigenvalue weighted by molar-refractivity contribution is -0.114. The van der Waals surface area contributed by atoms with Crippen molar-refractivity contribution in [2.75, 3.05) is 6.54 Å². The number of aromatic nitrogens is 2. The second-order valence-corrected chi connectivity index (χ2v) is 7.76. The van der Waals surface area contributed by atoms with E-state index in [1.165, 1.54) is 24.8 Å². The molecule has 0 radical (unpaired) electrons. The van der Waals surface area contributed by atoms with Crippen LogP contribution in [0.1, 0.15) is 50.1 Å². The van der Waals surface area contributed by atoms with Crippen molar-refractivity contribution in [3.05, 3.63) is 64.6 Å². The second-order valence-electron chi connectivity index (χ2n) is 7.76. The van der Waals surface area contributed by atoms with Crippen molar-refractivity contribution < 1.29 is 4.79 Å². The molecule has 2 aliphatic heterocycles. The van der Waals surface area contributed by atoms with Crippen LogP contribution in [0.15, 0.2) is 53.3 Å². The molecular formula is C22H24N4O. The van der Waals surface area contributed by atoms with Gasteiger partial charge < -0.3 is 4.90 Å². The van der Waals surface area contributed by atoms with Gasteiger partial charge >= 0.3 is 0 Å². The third-order valence-electron chi connectivity index (χ3n) is 5.97. The molecule has 0 atom stereocenters. The Balaban J connectivity index is 1.50. The van der Waals surface area contributed by atoms with E-state index >= 15 is 0 Å². The Morgan fingerprint density at radius 1 is 1.07 bits per heavy atom. The molecule has 1 aromatic heterocycles. The SMILES string of the molecule is O=C1N=c2c(cnn2C2CCCCC2)=C2CCN(Cc3ccccc3)C=C12. The van der Waals surface area contributed by atoms with Gasteiger partial charge in [0.1, 0.15) is 0 Å². The molecule has 0 saturated heterocycles. The maximum Gasteiger partial charge on any atom is 0.280 e. The Labute approximate surface area is 158 Å². The van der Waals surface area contributed by atoms with Gasteiger partial charge in [-0.2, -0.15) is 10.1 Å². The molecule has 1 fully saturated rings. The van der Waals surface area contributed by atoms with E-state index in [0.29, 0.717) is 6.04 Å². The predicted molar refractivity (Wildman–Crippen MR) is 103 cm³/mol. The summed E-state index contributed by atoms with van der Waals surface area (Å²) in [6.07, 6.45) is 10.9. The summed E-state index contributed by atoms with van der Waals surface area (Å²) in [6.45, 7) is 1.73. The lowest BCUT2D eigenvalue weighted by Crippen LogP contribution is -2.41. The van der Waals surface area contributed by atoms with E-state index in [9.17, 15) is 4.79 Å². The van der Waals surface area contributed by atoms with Crippen LogP contribution in [0.3, 0.4) is 0 Å². The second kappa shape index (κ2) is 6.80. The number of rotatable bonds is 3. The molecule has 1 aliphatic carbocycles. The van der Waals surface area contributed by atoms with E-state index in [2.05, 4.69) is 39.3 Å². The lowest BCUT2D eigenvalue weighted by Gasteiger charge is -2.28. The first-order chi connectivity index (χ1) is 13.3. The zero-order chi connectivity index (χ0) is 18.2. The Morgan fingerprint density at radius 3 is 2.70 bits per heavy atom. The van der Waals surface area contributed by atoms with Gasteiger partial charge in [-0.05, 0) is 30.4 Å². The highest BCUT2D eigenvalue weighted by Crippen LogP contribution is 2.28. The van der Waals surface area contributed by atoms with Gasteiger partial charge in [0.15, 0.2) is 5.49 Å². The van der Waals surface area contributed by atoms with Crippen molar-refractivity contribution in [2.45, 2.75) is 51.1 Å². The molecule has 1 aromatic carbocycles. The van der Waals surface area contributed by atoms with Crippen molar-refractivity contribution in [2.24, 2.45) is 4.99 Å². The van der Waals surface area contributed by atoms with Crippen LogP contribution in [0, 0.1) is 0 Å². The average molecular weight is 360 g/mol. The Hall–Kier alpha value is -2.69. The smallest absolute Gasteiger partial charge is 0.280 e. The first kappa shape index (κ1) is 16.5. The van der Waals surface area contributed by atoms with Gasteiger partial charge in [-0.25, -0.2) is 4.68 Å². The minimum Gasteiger partial charge on any atom is -0.372 e. The average Bonchev–Trinajstić information content (AvgIpc) is 3.13. The van der Waals surface area contributed by atoms with Crippen LogP contribution in [-0.2, 0) is 11.3 Å². The maximum absolute atomic E-state index is 12.8. The van der Waals surface area contributed by atoms with Gasteiger partial charge in [0.05, 0.1) is 17.8 Å². The van der Waals surface area contributed by atoms with Crippen LogP contribution >= 0.6 is 0 Å². The van der Waals surface area contributed by atoms with Crippen molar-refractivity contribution >= 4 is 11.5 Å². The van der Waals surface area contributed by atoms with Crippen LogP contribution in [0.5, 0.6) is 0 Å². The third kappa shape index (κ3) is 3.01. The topological polar surface area (TPSA) is 50.5 Å². The van der Waals surface area contributed by atoms with Gasteiger partial charge in [-0.1, -0.05) is 49.6 Å². The minimum atomic E-state index is -0.118. The largest absolute Gasteiger partial charge is 0.372 e. The van der Waals surface area contributed by atoms with Gasteiger partial charge in [-0.3, -0.25) is 4.79 Å². The molecule has 0 spiro atoms. The quantitative estimate of drug-likeness (QED) is 0.845. The third-order valence-corrected chi connectivity index (χ3v) is 5.97. The number of hydrogen-bond acceptors (Lipinski definition) is 3. The summed E-state index contributed by atoms with van der Waals surface area (Å²) < 4.78 is 2.02. The van der Waals surface area contributed by atoms with Crippen LogP contribution in [0.25, 0.3) is 5.57 Å². The molecule has 5 nitrogen and oxygen atoms in total. The molecule has 0 N–H and O–H groups in total. The maximum atomic E-state index is 12.8. The number of amides is 1. The minimum absolute atomic E-state index is 0.118. The zero-order valence-corrected chi connectivity index (χ0v) is 15.5. The highest BCUT2D eigenvalue weighted by atomic mass is 16.1. The molecule has 0 unspecified atom stereocenters. The summed E-state index contributed by atoms with van der Waals surface area (Å²) in [7, 11) is 0. The number of fused-ring (bicyclic) bond motifs is 2. The molecule has 0 bridgehead atoms. The molecular weight excluding hydrogens is 336 g/mol. The van der Waals surface area contributed by atoms with E-state index in [-0.39, 0.29) is 5.91 Å². The molecule has 5 heteroatoms. The first-order valence-corrected chi connectivity index (χ1v) is 9.99. The van der Waals surface area contributed by atoms with Gasteiger partial charge in [0, 0.05) is 24.5 Å². The number of hydrogen-bond donors (Lipinski definition) is 0. The van der Waals surface area contributed by atoms with Gasteiger partial charge in [0.25, 0.3) is 5.91 Å². The molecule has 3 aliphatic rings. The Bertz CT molecular complexity index is 1010. The fourth-order valence-corrected chi connectivity index (χ4v) is 4.55. The summed E-state index contributed by atoms with van der Waals surface area (Å²) in [4.78, 5) is 19.5. The summed E-state index contributed by atoms with van der Waals surface area (Å²) in [5, 5.41) is 5.70. The monoisotopic (exact) mass is 360 g/mol. The normalized spacial score (nSPS) is 20.0. The molecule has 5 rings (SSSR count). The van der Waals surface area contributed by atoms with E-state index in [0.717, 1.165) is 54.2 Å². The molecule has 2 aromatic rings. The summed E-state index contributed by atoms with van der Waals surface area (Å²) in [5.41, 5.74) is 3.91. The Morgan fingerprint density at radius 2 is 1.89 bits per heavy atom. The number of carbonyl (C=O) groups is 1. The highest BCUT2D eigenvalue weighted by Gasteiger charge is 2.27. The standard InChI is InChI=1S/C22H24N4O/c27-22-20-15-25(14-16-7-3-1-4-8-16)12-11-18(20)19-13-23-26(21(19)24-22)17-9-5-2-6-10-17/h1,3-4,7-8,13,15,17H,2,5-6,9-12,14H2. The Kier molecular flexibility index (Phi) is 4.15. The highest BCUT2D eigenvalue weighted by molar-refractivity contribution is 6.07. The molecule has 138 valence electrons. The summed E-state index contributed by atoms with van der Waals surface area (Å²) in [6, 6.07) is 10.8. The van der Waals surface area contributed by atoms with Crippen molar-refractivity contribution in [3.8, 4) is 0 Å². The zero-order valence-electron chi connectivity index (χ0n) is 15.5. The molecule has 3 heterocycles. The molecule has 27 heavy (non-hydrogen) atoms. The lowest BCUT2D eigenvalue weighted by atomic mass is 9.94.